The molecule has 166 valence electrons. The number of nitrogen functional groups attached to an aromatic ring is 1. The molecule has 3 heterocycles. The van der Waals surface area contributed by atoms with Crippen molar-refractivity contribution in [1.29, 1.82) is 0 Å². The highest BCUT2D eigenvalue weighted by Gasteiger charge is 2.40. The number of likely N-dealkylation sites (tertiary alicyclic amines) is 1. The molecule has 2 saturated heterocycles. The maximum atomic E-state index is 14.4. The topological polar surface area (TPSA) is 108 Å². The van der Waals surface area contributed by atoms with Gasteiger partial charge >= 0.3 is 0 Å². The van der Waals surface area contributed by atoms with E-state index in [2.05, 4.69) is 15.3 Å². The predicted molar refractivity (Wildman–Crippen MR) is 118 cm³/mol. The van der Waals surface area contributed by atoms with Crippen LogP contribution < -0.4 is 16.0 Å². The van der Waals surface area contributed by atoms with Crippen molar-refractivity contribution in [2.24, 2.45) is 0 Å². The number of benzene rings is 1. The highest BCUT2D eigenvalue weighted by atomic mass is 35.5. The van der Waals surface area contributed by atoms with Gasteiger partial charge in [0.1, 0.15) is 12.4 Å². The molecule has 0 saturated carbocycles. The Kier molecular flexibility index (Phi) is 6.15. The number of halogens is 2. The van der Waals surface area contributed by atoms with Gasteiger partial charge in [-0.3, -0.25) is 4.79 Å². The molecule has 1 aromatic carbocycles. The number of amides is 1. The fourth-order valence-electron chi connectivity index (χ4n) is 4.40. The number of nitrogens with zero attached hydrogens (tertiary/aromatic N) is 4. The van der Waals surface area contributed by atoms with Crippen molar-refractivity contribution in [3.8, 4) is 0 Å². The Hall–Kier alpha value is -2.65. The average molecular weight is 449 g/mol. The summed E-state index contributed by atoms with van der Waals surface area (Å²) in [7, 11) is 0. The summed E-state index contributed by atoms with van der Waals surface area (Å²) in [5, 5.41) is 14.6. The summed E-state index contributed by atoms with van der Waals surface area (Å²) < 4.78 is 14.4. The zero-order chi connectivity index (χ0) is 22.1. The van der Waals surface area contributed by atoms with E-state index in [1.165, 1.54) is 6.33 Å². The van der Waals surface area contributed by atoms with Crippen molar-refractivity contribution in [2.75, 3.05) is 35.6 Å². The monoisotopic (exact) mass is 448 g/mol. The smallest absolute Gasteiger partial charge is 0.245 e. The Morgan fingerprint density at radius 1 is 1.26 bits per heavy atom. The van der Waals surface area contributed by atoms with Crippen molar-refractivity contribution in [1.82, 2.24) is 14.9 Å². The standard InChI is InChI=1S/C21H26ClFN6O2/c1-12-7-13(22)9-14(8-12)27-15-3-2-5-29(21(15)31)16-10-28(6-4-17(16)30)20-18(23)19(24)25-11-26-20/h7-9,11,15-17,27,30H,2-6,10H2,1H3,(H2,24,25,26)/t15-,16+,17+/m1/s1. The Morgan fingerprint density at radius 3 is 2.84 bits per heavy atom. The summed E-state index contributed by atoms with van der Waals surface area (Å²) in [4.78, 5) is 24.4. The van der Waals surface area contributed by atoms with Crippen LogP contribution in [0, 0.1) is 12.7 Å². The third-order valence-corrected chi connectivity index (χ3v) is 6.12. The highest BCUT2D eigenvalue weighted by molar-refractivity contribution is 6.30. The van der Waals surface area contributed by atoms with E-state index in [1.807, 2.05) is 19.1 Å². The molecule has 0 radical (unpaired) electrons. The molecule has 2 aliphatic heterocycles. The second-order valence-electron chi connectivity index (χ2n) is 8.15. The lowest BCUT2D eigenvalue weighted by Gasteiger charge is -2.45. The van der Waals surface area contributed by atoms with Crippen LogP contribution in [0.25, 0.3) is 0 Å². The number of hydrogen-bond acceptors (Lipinski definition) is 7. The van der Waals surface area contributed by atoms with E-state index in [1.54, 1.807) is 15.9 Å². The van der Waals surface area contributed by atoms with Gasteiger partial charge in [-0.1, -0.05) is 11.6 Å². The molecule has 2 aromatic rings. The molecule has 8 nitrogen and oxygen atoms in total. The van der Waals surface area contributed by atoms with Crippen LogP contribution in [0.5, 0.6) is 0 Å². The van der Waals surface area contributed by atoms with E-state index >= 15 is 0 Å². The summed E-state index contributed by atoms with van der Waals surface area (Å²) in [5.74, 6) is -0.892. The molecule has 3 atom stereocenters. The minimum absolute atomic E-state index is 0.0857. The first-order valence-electron chi connectivity index (χ1n) is 10.4. The Labute approximate surface area is 185 Å². The van der Waals surface area contributed by atoms with Gasteiger partial charge in [-0.2, -0.15) is 4.39 Å². The molecule has 10 heteroatoms. The second kappa shape index (κ2) is 8.84. The van der Waals surface area contributed by atoms with Gasteiger partial charge in [-0.15, -0.1) is 0 Å². The van der Waals surface area contributed by atoms with Crippen LogP contribution in [-0.2, 0) is 4.79 Å². The first-order valence-corrected chi connectivity index (χ1v) is 10.7. The maximum absolute atomic E-state index is 14.4. The lowest BCUT2D eigenvalue weighted by atomic mass is 9.95. The van der Waals surface area contributed by atoms with E-state index in [9.17, 15) is 14.3 Å². The average Bonchev–Trinajstić information content (AvgIpc) is 2.72. The largest absolute Gasteiger partial charge is 0.391 e. The van der Waals surface area contributed by atoms with Crippen molar-refractivity contribution in [3.05, 3.63) is 40.9 Å². The Morgan fingerprint density at radius 2 is 2.06 bits per heavy atom. The summed E-state index contributed by atoms with van der Waals surface area (Å²) in [6, 6.07) is 4.70. The minimum atomic E-state index is -0.699. The van der Waals surface area contributed by atoms with E-state index in [0.29, 0.717) is 31.0 Å². The molecule has 4 N–H and O–H groups in total. The van der Waals surface area contributed by atoms with Crippen LogP contribution in [0.2, 0.25) is 5.02 Å². The zero-order valence-corrected chi connectivity index (χ0v) is 18.0. The number of aliphatic hydroxyl groups excluding tert-OH is 1. The van der Waals surface area contributed by atoms with Crippen LogP contribution in [0.3, 0.4) is 0 Å². The molecular weight excluding hydrogens is 423 g/mol. The fraction of sp³-hybridized carbons (Fsp3) is 0.476. The lowest BCUT2D eigenvalue weighted by molar-refractivity contribution is -0.140. The van der Waals surface area contributed by atoms with Crippen molar-refractivity contribution >= 4 is 34.8 Å². The third kappa shape index (κ3) is 4.52. The Balaban J connectivity index is 1.51. The number of rotatable bonds is 4. The summed E-state index contributed by atoms with van der Waals surface area (Å²) in [5.41, 5.74) is 7.37. The molecule has 1 aromatic heterocycles. The first kappa shape index (κ1) is 21.6. The van der Waals surface area contributed by atoms with Crippen LogP contribution in [0.15, 0.2) is 24.5 Å². The number of aliphatic hydroxyl groups is 1. The number of carbonyl (C=O) groups is 1. The molecule has 1 amide bonds. The van der Waals surface area contributed by atoms with E-state index in [-0.39, 0.29) is 24.1 Å². The number of anilines is 3. The number of aryl methyl sites for hydroxylation is 1. The quantitative estimate of drug-likeness (QED) is 0.658. The van der Waals surface area contributed by atoms with Gasteiger partial charge in [0.15, 0.2) is 11.6 Å². The molecule has 4 rings (SSSR count). The SMILES string of the molecule is Cc1cc(Cl)cc(N[C@@H]2CCCN([C@H]3CN(c4ncnc(N)c4F)CC[C@@H]3O)C2=O)c1. The highest BCUT2D eigenvalue weighted by Crippen LogP contribution is 2.28. The van der Waals surface area contributed by atoms with Gasteiger partial charge < -0.3 is 26.0 Å². The van der Waals surface area contributed by atoms with Crippen molar-refractivity contribution < 1.29 is 14.3 Å². The van der Waals surface area contributed by atoms with Gasteiger partial charge in [-0.25, -0.2) is 9.97 Å². The van der Waals surface area contributed by atoms with Crippen LogP contribution in [0.1, 0.15) is 24.8 Å². The molecule has 0 unspecified atom stereocenters. The van der Waals surface area contributed by atoms with Crippen molar-refractivity contribution in [2.45, 2.75) is 44.4 Å². The number of nitrogens with two attached hydrogens (primary N) is 1. The van der Waals surface area contributed by atoms with Gasteiger partial charge in [-0.05, 0) is 49.9 Å². The summed E-state index contributed by atoms with van der Waals surface area (Å²) in [6.07, 6.45) is 2.39. The predicted octanol–water partition coefficient (Wildman–Crippen LogP) is 2.20. The van der Waals surface area contributed by atoms with E-state index in [4.69, 9.17) is 17.3 Å². The van der Waals surface area contributed by atoms with Crippen molar-refractivity contribution in [3.63, 3.8) is 0 Å². The molecule has 2 aliphatic rings. The second-order valence-corrected chi connectivity index (χ2v) is 8.59. The number of carbonyl (C=O) groups excluding carboxylic acids is 1. The summed E-state index contributed by atoms with van der Waals surface area (Å²) >= 11 is 6.15. The van der Waals surface area contributed by atoms with Crippen LogP contribution >= 0.6 is 11.6 Å². The van der Waals surface area contributed by atoms with E-state index in [0.717, 1.165) is 17.7 Å². The third-order valence-electron chi connectivity index (χ3n) is 5.90. The summed E-state index contributed by atoms with van der Waals surface area (Å²) in [6.45, 7) is 3.16. The fourth-order valence-corrected chi connectivity index (χ4v) is 4.69. The molecular formula is C21H26ClFN6O2. The molecule has 0 bridgehead atoms. The van der Waals surface area contributed by atoms with Gasteiger partial charge in [0, 0.05) is 30.3 Å². The first-order chi connectivity index (χ1) is 14.8. The molecule has 0 aliphatic carbocycles. The Bertz CT molecular complexity index is 957. The maximum Gasteiger partial charge on any atom is 0.245 e. The van der Waals surface area contributed by atoms with Gasteiger partial charge in [0.25, 0.3) is 0 Å². The zero-order valence-electron chi connectivity index (χ0n) is 17.3. The number of hydrogen-bond donors (Lipinski definition) is 3. The normalized spacial score (nSPS) is 24.4. The van der Waals surface area contributed by atoms with Gasteiger partial charge in [0.05, 0.1) is 12.1 Å². The van der Waals surface area contributed by atoms with Crippen LogP contribution in [-0.4, -0.2) is 63.7 Å². The molecule has 31 heavy (non-hydrogen) atoms. The lowest BCUT2D eigenvalue weighted by Crippen LogP contribution is -2.61. The molecule has 2 fully saturated rings. The number of aromatic nitrogens is 2. The van der Waals surface area contributed by atoms with Crippen LogP contribution in [0.4, 0.5) is 21.7 Å². The number of nitrogens with one attached hydrogen (secondary N) is 1. The minimum Gasteiger partial charge on any atom is -0.391 e. The van der Waals surface area contributed by atoms with Gasteiger partial charge in [0.2, 0.25) is 11.7 Å². The number of piperidine rings is 2. The molecule has 0 spiro atoms. The van der Waals surface area contributed by atoms with E-state index < -0.39 is 24.0 Å².